The number of ether oxygens (including phenoxy) is 2. The standard InChI is InChI=1S/C22H16ClFN2O4/c23-19-6-1-2-7-20(19)29-14-21(27)26-25-13-15-8-10-18(11-9-15)30-22(28)16-4-3-5-17(24)12-16/h1-13H,14H2,(H,26,27)/b25-13-. The Kier molecular flexibility index (Phi) is 7.13. The monoisotopic (exact) mass is 426 g/mol. The average Bonchev–Trinajstić information content (AvgIpc) is 2.74. The molecule has 0 unspecified atom stereocenters. The molecule has 0 heterocycles. The van der Waals surface area contributed by atoms with Gasteiger partial charge in [0.25, 0.3) is 5.91 Å². The van der Waals surface area contributed by atoms with Crippen LogP contribution in [0.2, 0.25) is 5.02 Å². The summed E-state index contributed by atoms with van der Waals surface area (Å²) in [6.07, 6.45) is 1.42. The number of nitrogens with one attached hydrogen (secondary N) is 1. The number of benzene rings is 3. The van der Waals surface area contributed by atoms with Crippen LogP contribution in [0.5, 0.6) is 11.5 Å². The summed E-state index contributed by atoms with van der Waals surface area (Å²) in [6.45, 7) is -0.240. The Labute approximate surface area is 176 Å². The Morgan fingerprint density at radius 2 is 1.80 bits per heavy atom. The lowest BCUT2D eigenvalue weighted by molar-refractivity contribution is -0.123. The number of hydrogen-bond donors (Lipinski definition) is 1. The molecule has 0 fully saturated rings. The third kappa shape index (κ3) is 6.15. The second-order valence-electron chi connectivity index (χ2n) is 5.98. The highest BCUT2D eigenvalue weighted by Gasteiger charge is 2.09. The molecule has 0 spiro atoms. The van der Waals surface area contributed by atoms with Crippen molar-refractivity contribution in [1.29, 1.82) is 0 Å². The number of rotatable bonds is 7. The number of nitrogens with zero attached hydrogens (tertiary/aromatic N) is 1. The SMILES string of the molecule is O=C(COc1ccccc1Cl)N/N=C\c1ccc(OC(=O)c2cccc(F)c2)cc1. The van der Waals surface area contributed by atoms with Crippen LogP contribution in [0.1, 0.15) is 15.9 Å². The maximum absolute atomic E-state index is 13.2. The van der Waals surface area contributed by atoms with E-state index in [9.17, 15) is 14.0 Å². The van der Waals surface area contributed by atoms with Gasteiger partial charge in [0.2, 0.25) is 0 Å². The molecule has 0 saturated heterocycles. The van der Waals surface area contributed by atoms with Gasteiger partial charge in [0.15, 0.2) is 6.61 Å². The number of carbonyl (C=O) groups is 2. The van der Waals surface area contributed by atoms with Gasteiger partial charge in [0.1, 0.15) is 17.3 Å². The molecule has 0 radical (unpaired) electrons. The summed E-state index contributed by atoms with van der Waals surface area (Å²) in [7, 11) is 0. The van der Waals surface area contributed by atoms with E-state index in [2.05, 4.69) is 10.5 Å². The Morgan fingerprint density at radius 1 is 1.03 bits per heavy atom. The number of halogens is 2. The predicted octanol–water partition coefficient (Wildman–Crippen LogP) is 4.23. The van der Waals surface area contributed by atoms with Crippen molar-refractivity contribution in [3.8, 4) is 11.5 Å². The van der Waals surface area contributed by atoms with E-state index in [0.29, 0.717) is 22.1 Å². The highest BCUT2D eigenvalue weighted by Crippen LogP contribution is 2.22. The summed E-state index contributed by atoms with van der Waals surface area (Å²) in [5.74, 6) is -0.941. The summed E-state index contributed by atoms with van der Waals surface area (Å²) < 4.78 is 23.7. The molecule has 0 aromatic heterocycles. The van der Waals surface area contributed by atoms with E-state index in [4.69, 9.17) is 21.1 Å². The van der Waals surface area contributed by atoms with Crippen molar-refractivity contribution in [3.63, 3.8) is 0 Å². The average molecular weight is 427 g/mol. The quantitative estimate of drug-likeness (QED) is 0.265. The summed E-state index contributed by atoms with van der Waals surface area (Å²) >= 11 is 5.94. The van der Waals surface area contributed by atoms with Crippen molar-refractivity contribution in [2.45, 2.75) is 0 Å². The summed E-state index contributed by atoms with van der Waals surface area (Å²) in [6, 6.07) is 18.4. The Bertz CT molecular complexity index is 1070. The number of hydrazone groups is 1. The van der Waals surface area contributed by atoms with Crippen molar-refractivity contribution in [2.75, 3.05) is 6.61 Å². The van der Waals surface area contributed by atoms with E-state index in [1.165, 1.54) is 24.4 Å². The van der Waals surface area contributed by atoms with Crippen molar-refractivity contribution in [2.24, 2.45) is 5.10 Å². The first-order chi connectivity index (χ1) is 14.5. The zero-order valence-electron chi connectivity index (χ0n) is 15.5. The van der Waals surface area contributed by atoms with Crippen molar-refractivity contribution in [3.05, 3.63) is 94.8 Å². The van der Waals surface area contributed by atoms with Crippen LogP contribution in [0.4, 0.5) is 4.39 Å². The molecular weight excluding hydrogens is 411 g/mol. The lowest BCUT2D eigenvalue weighted by Crippen LogP contribution is -2.24. The van der Waals surface area contributed by atoms with E-state index < -0.39 is 17.7 Å². The Morgan fingerprint density at radius 3 is 2.53 bits per heavy atom. The van der Waals surface area contributed by atoms with Crippen LogP contribution in [0.25, 0.3) is 0 Å². The van der Waals surface area contributed by atoms with Gasteiger partial charge in [-0.15, -0.1) is 0 Å². The molecule has 1 N–H and O–H groups in total. The zero-order valence-corrected chi connectivity index (χ0v) is 16.3. The maximum atomic E-state index is 13.2. The number of para-hydroxylation sites is 1. The number of hydrogen-bond acceptors (Lipinski definition) is 5. The first-order valence-corrected chi connectivity index (χ1v) is 9.16. The second kappa shape index (κ2) is 10.2. The van der Waals surface area contributed by atoms with E-state index in [-0.39, 0.29) is 12.2 Å². The summed E-state index contributed by atoms with van der Waals surface area (Å²) in [5.41, 5.74) is 3.11. The van der Waals surface area contributed by atoms with Crippen LogP contribution >= 0.6 is 11.6 Å². The van der Waals surface area contributed by atoms with Crippen LogP contribution in [0, 0.1) is 5.82 Å². The number of amides is 1. The highest BCUT2D eigenvalue weighted by molar-refractivity contribution is 6.32. The fraction of sp³-hybridized carbons (Fsp3) is 0.0455. The normalized spacial score (nSPS) is 10.6. The summed E-state index contributed by atoms with van der Waals surface area (Å²) in [5, 5.41) is 4.25. The predicted molar refractivity (Wildman–Crippen MR) is 110 cm³/mol. The lowest BCUT2D eigenvalue weighted by Gasteiger charge is -2.06. The molecule has 0 aliphatic carbocycles. The van der Waals surface area contributed by atoms with Gasteiger partial charge in [-0.3, -0.25) is 4.79 Å². The van der Waals surface area contributed by atoms with Gasteiger partial charge in [0, 0.05) is 0 Å². The fourth-order valence-electron chi connectivity index (χ4n) is 2.32. The van der Waals surface area contributed by atoms with Crippen LogP contribution in [-0.4, -0.2) is 24.7 Å². The number of esters is 1. The van der Waals surface area contributed by atoms with Gasteiger partial charge in [-0.1, -0.05) is 29.8 Å². The molecule has 0 saturated carbocycles. The highest BCUT2D eigenvalue weighted by atomic mass is 35.5. The third-order valence-electron chi connectivity index (χ3n) is 3.75. The Balaban J connectivity index is 1.48. The minimum atomic E-state index is -0.665. The molecule has 0 bridgehead atoms. The molecule has 3 aromatic rings. The molecule has 3 rings (SSSR count). The van der Waals surface area contributed by atoms with Gasteiger partial charge >= 0.3 is 5.97 Å². The van der Waals surface area contributed by atoms with Crippen LogP contribution in [0.15, 0.2) is 77.9 Å². The van der Waals surface area contributed by atoms with Gasteiger partial charge in [-0.2, -0.15) is 5.10 Å². The molecule has 30 heavy (non-hydrogen) atoms. The Hall–Kier alpha value is -3.71. The first-order valence-electron chi connectivity index (χ1n) is 8.78. The van der Waals surface area contributed by atoms with E-state index >= 15 is 0 Å². The zero-order chi connectivity index (χ0) is 21.3. The second-order valence-corrected chi connectivity index (χ2v) is 6.39. The minimum Gasteiger partial charge on any atom is -0.482 e. The van der Waals surface area contributed by atoms with Crippen LogP contribution < -0.4 is 14.9 Å². The van der Waals surface area contributed by atoms with Gasteiger partial charge in [-0.05, 0) is 60.2 Å². The number of carbonyl (C=O) groups excluding carboxylic acids is 2. The van der Waals surface area contributed by atoms with E-state index in [1.54, 1.807) is 48.5 Å². The molecule has 0 atom stereocenters. The fourth-order valence-corrected chi connectivity index (χ4v) is 2.51. The summed E-state index contributed by atoms with van der Waals surface area (Å²) in [4.78, 5) is 23.8. The van der Waals surface area contributed by atoms with Crippen LogP contribution in [-0.2, 0) is 4.79 Å². The molecule has 0 aliphatic heterocycles. The minimum absolute atomic E-state index is 0.113. The molecule has 8 heteroatoms. The van der Waals surface area contributed by atoms with Gasteiger partial charge in [-0.25, -0.2) is 14.6 Å². The lowest BCUT2D eigenvalue weighted by atomic mass is 10.2. The van der Waals surface area contributed by atoms with Gasteiger partial charge in [0.05, 0.1) is 16.8 Å². The molecule has 6 nitrogen and oxygen atoms in total. The molecule has 152 valence electrons. The van der Waals surface area contributed by atoms with Crippen molar-refractivity contribution >= 4 is 29.7 Å². The smallest absolute Gasteiger partial charge is 0.343 e. The van der Waals surface area contributed by atoms with Crippen molar-refractivity contribution in [1.82, 2.24) is 5.43 Å². The van der Waals surface area contributed by atoms with Crippen LogP contribution in [0.3, 0.4) is 0 Å². The molecule has 0 aliphatic rings. The topological polar surface area (TPSA) is 77.0 Å². The van der Waals surface area contributed by atoms with E-state index in [0.717, 1.165) is 6.07 Å². The molecular formula is C22H16ClFN2O4. The van der Waals surface area contributed by atoms with Crippen molar-refractivity contribution < 1.29 is 23.5 Å². The molecule has 1 amide bonds. The largest absolute Gasteiger partial charge is 0.482 e. The molecule has 3 aromatic carbocycles. The third-order valence-corrected chi connectivity index (χ3v) is 4.06. The van der Waals surface area contributed by atoms with Gasteiger partial charge < -0.3 is 9.47 Å². The van der Waals surface area contributed by atoms with E-state index in [1.807, 2.05) is 0 Å². The first kappa shape index (κ1) is 21.0. The maximum Gasteiger partial charge on any atom is 0.343 e.